The van der Waals surface area contributed by atoms with Crippen LogP contribution < -0.4 is 16.4 Å². The second-order valence-corrected chi connectivity index (χ2v) is 10.4. The fourth-order valence-corrected chi connectivity index (χ4v) is 4.69. The summed E-state index contributed by atoms with van der Waals surface area (Å²) in [6.07, 6.45) is -3.01. The van der Waals surface area contributed by atoms with Gasteiger partial charge in [-0.25, -0.2) is 0 Å². The summed E-state index contributed by atoms with van der Waals surface area (Å²) in [4.78, 5) is 52.2. The number of carboxylic acids is 1. The Morgan fingerprint density at radius 3 is 2.15 bits per heavy atom. The summed E-state index contributed by atoms with van der Waals surface area (Å²) in [5.41, 5.74) is 6.87. The van der Waals surface area contributed by atoms with Crippen LogP contribution in [0.1, 0.15) is 70.3 Å². The van der Waals surface area contributed by atoms with Crippen molar-refractivity contribution in [1.29, 1.82) is 0 Å². The number of hydrogen-bond donors (Lipinski definition) is 4. The Bertz CT molecular complexity index is 968. The van der Waals surface area contributed by atoms with Crippen molar-refractivity contribution in [2.24, 2.45) is 11.7 Å². The molecule has 224 valence electrons. The number of amides is 3. The Hall–Kier alpha value is -3.15. The molecule has 0 aromatic heterocycles. The summed E-state index contributed by atoms with van der Waals surface area (Å²) >= 11 is 0. The van der Waals surface area contributed by atoms with Gasteiger partial charge in [0.1, 0.15) is 12.1 Å². The molecular formula is C28H41F3N4O5. The number of carboxylic acid groups (broad SMARTS) is 1. The highest BCUT2D eigenvalue weighted by Crippen LogP contribution is 2.23. The number of carbonyl (C=O) groups excluding carboxylic acids is 3. The van der Waals surface area contributed by atoms with E-state index in [1.807, 2.05) is 13.0 Å². The van der Waals surface area contributed by atoms with Gasteiger partial charge in [0.15, 0.2) is 0 Å². The van der Waals surface area contributed by atoms with Gasteiger partial charge in [-0.15, -0.1) is 0 Å². The van der Waals surface area contributed by atoms with Crippen molar-refractivity contribution in [2.75, 3.05) is 13.1 Å². The van der Waals surface area contributed by atoms with Crippen molar-refractivity contribution in [3.63, 3.8) is 0 Å². The van der Waals surface area contributed by atoms with Crippen LogP contribution in [0.5, 0.6) is 0 Å². The van der Waals surface area contributed by atoms with Crippen LogP contribution in [-0.2, 0) is 25.6 Å². The van der Waals surface area contributed by atoms with E-state index in [4.69, 9.17) is 5.73 Å². The molecule has 0 spiro atoms. The Balaban J connectivity index is 2.09. The molecule has 0 saturated carbocycles. The molecule has 2 rings (SSSR count). The zero-order chi connectivity index (χ0) is 29.7. The first-order chi connectivity index (χ1) is 18.9. The molecule has 1 aliphatic rings. The van der Waals surface area contributed by atoms with E-state index in [2.05, 4.69) is 10.6 Å². The molecule has 1 aromatic rings. The Kier molecular flexibility index (Phi) is 13.4. The van der Waals surface area contributed by atoms with E-state index in [0.717, 1.165) is 12.0 Å². The summed E-state index contributed by atoms with van der Waals surface area (Å²) in [6, 6.07) is 5.97. The monoisotopic (exact) mass is 570 g/mol. The third-order valence-corrected chi connectivity index (χ3v) is 7.09. The third kappa shape index (κ3) is 11.5. The van der Waals surface area contributed by atoms with E-state index in [1.165, 1.54) is 4.90 Å². The molecule has 9 nitrogen and oxygen atoms in total. The van der Waals surface area contributed by atoms with Crippen molar-refractivity contribution >= 4 is 23.7 Å². The van der Waals surface area contributed by atoms with Gasteiger partial charge in [0.05, 0.1) is 12.0 Å². The lowest BCUT2D eigenvalue weighted by molar-refractivity contribution is -0.146. The summed E-state index contributed by atoms with van der Waals surface area (Å²) in [6.45, 7) is 2.43. The van der Waals surface area contributed by atoms with Gasteiger partial charge in [-0.1, -0.05) is 56.5 Å². The minimum absolute atomic E-state index is 0.0298. The maximum absolute atomic E-state index is 13.3. The number of rotatable bonds is 15. The highest BCUT2D eigenvalue weighted by atomic mass is 19.4. The maximum Gasteiger partial charge on any atom is 0.389 e. The van der Waals surface area contributed by atoms with Gasteiger partial charge in [0.25, 0.3) is 0 Å². The van der Waals surface area contributed by atoms with Gasteiger partial charge in [-0.2, -0.15) is 13.2 Å². The average molecular weight is 571 g/mol. The van der Waals surface area contributed by atoms with E-state index in [9.17, 15) is 37.5 Å². The van der Waals surface area contributed by atoms with Gasteiger partial charge in [-0.3, -0.25) is 19.2 Å². The van der Waals surface area contributed by atoms with Gasteiger partial charge >= 0.3 is 12.1 Å². The minimum Gasteiger partial charge on any atom is -0.481 e. The first kappa shape index (κ1) is 33.1. The SMILES string of the molecule is CCCCC(NC(=O)[C@@H](CCCCC(F)(F)F)NC(=O)[C@H](N)Cc1ccccc1)C(=O)N1CCC(C(=O)O)CC1. The highest BCUT2D eigenvalue weighted by molar-refractivity contribution is 5.93. The van der Waals surface area contributed by atoms with Crippen LogP contribution in [-0.4, -0.2) is 71.1 Å². The van der Waals surface area contributed by atoms with Crippen molar-refractivity contribution in [3.8, 4) is 0 Å². The van der Waals surface area contributed by atoms with Crippen LogP contribution in [0.15, 0.2) is 30.3 Å². The molecule has 3 amide bonds. The molecule has 5 N–H and O–H groups in total. The number of nitrogens with two attached hydrogens (primary N) is 1. The number of likely N-dealkylation sites (tertiary alicyclic amines) is 1. The molecule has 1 heterocycles. The zero-order valence-corrected chi connectivity index (χ0v) is 22.9. The second kappa shape index (κ2) is 16.2. The van der Waals surface area contributed by atoms with E-state index in [1.54, 1.807) is 24.3 Å². The van der Waals surface area contributed by atoms with Crippen LogP contribution in [0, 0.1) is 5.92 Å². The summed E-state index contributed by atoms with van der Waals surface area (Å²) in [5, 5.41) is 14.5. The normalized spacial score (nSPS) is 16.6. The molecule has 1 aromatic carbocycles. The predicted octanol–water partition coefficient (Wildman–Crippen LogP) is 3.16. The number of nitrogens with zero attached hydrogens (tertiary/aromatic N) is 1. The molecular weight excluding hydrogens is 529 g/mol. The van der Waals surface area contributed by atoms with Crippen LogP contribution in [0.2, 0.25) is 0 Å². The molecule has 1 fully saturated rings. The van der Waals surface area contributed by atoms with Crippen molar-refractivity contribution < 1.29 is 37.5 Å². The number of nitrogens with one attached hydrogen (secondary N) is 2. The third-order valence-electron chi connectivity index (χ3n) is 7.09. The number of alkyl halides is 3. The number of benzene rings is 1. The quantitative estimate of drug-likeness (QED) is 0.239. The van der Waals surface area contributed by atoms with Gasteiger partial charge in [-0.05, 0) is 44.1 Å². The summed E-state index contributed by atoms with van der Waals surface area (Å²) in [5.74, 6) is -3.05. The smallest absolute Gasteiger partial charge is 0.389 e. The van der Waals surface area contributed by atoms with Gasteiger partial charge < -0.3 is 26.4 Å². The van der Waals surface area contributed by atoms with E-state index >= 15 is 0 Å². The van der Waals surface area contributed by atoms with E-state index in [-0.39, 0.29) is 44.7 Å². The minimum atomic E-state index is -4.33. The van der Waals surface area contributed by atoms with E-state index in [0.29, 0.717) is 25.7 Å². The zero-order valence-electron chi connectivity index (χ0n) is 22.9. The number of unbranched alkanes of at least 4 members (excludes halogenated alkanes) is 2. The molecule has 1 aliphatic heterocycles. The number of carbonyl (C=O) groups is 4. The first-order valence-corrected chi connectivity index (χ1v) is 13.9. The van der Waals surface area contributed by atoms with Crippen LogP contribution in [0.4, 0.5) is 13.2 Å². The Morgan fingerprint density at radius 2 is 1.57 bits per heavy atom. The van der Waals surface area contributed by atoms with Crippen LogP contribution in [0.3, 0.4) is 0 Å². The first-order valence-electron chi connectivity index (χ1n) is 13.9. The topological polar surface area (TPSA) is 142 Å². The molecule has 3 atom stereocenters. The fourth-order valence-electron chi connectivity index (χ4n) is 4.69. The number of halogens is 3. The van der Waals surface area contributed by atoms with Crippen molar-refractivity contribution in [1.82, 2.24) is 15.5 Å². The van der Waals surface area contributed by atoms with Crippen LogP contribution in [0.25, 0.3) is 0 Å². The molecule has 1 unspecified atom stereocenters. The molecule has 40 heavy (non-hydrogen) atoms. The molecule has 12 heteroatoms. The van der Waals surface area contributed by atoms with Crippen LogP contribution >= 0.6 is 0 Å². The number of aliphatic carboxylic acids is 1. The molecule has 0 aliphatic carbocycles. The molecule has 1 saturated heterocycles. The summed E-state index contributed by atoms with van der Waals surface area (Å²) in [7, 11) is 0. The Labute approximate surface area is 233 Å². The van der Waals surface area contributed by atoms with Crippen molar-refractivity contribution in [2.45, 2.75) is 95.4 Å². The van der Waals surface area contributed by atoms with Crippen molar-refractivity contribution in [3.05, 3.63) is 35.9 Å². The highest BCUT2D eigenvalue weighted by Gasteiger charge is 2.33. The largest absolute Gasteiger partial charge is 0.481 e. The lowest BCUT2D eigenvalue weighted by Crippen LogP contribution is -2.57. The van der Waals surface area contributed by atoms with Gasteiger partial charge in [0, 0.05) is 19.5 Å². The lowest BCUT2D eigenvalue weighted by Gasteiger charge is -2.33. The Morgan fingerprint density at radius 1 is 0.975 bits per heavy atom. The molecule has 0 bridgehead atoms. The maximum atomic E-state index is 13.3. The fraction of sp³-hybridized carbons (Fsp3) is 0.643. The lowest BCUT2D eigenvalue weighted by atomic mass is 9.96. The summed E-state index contributed by atoms with van der Waals surface area (Å²) < 4.78 is 37.9. The standard InChI is InChI=1S/C28H41F3N4O5/c1-2-3-11-23(26(38)35-16-13-20(14-17-35)27(39)40)34-25(37)22(12-7-8-15-28(29,30)31)33-24(36)21(32)18-19-9-5-4-6-10-19/h4-6,9-10,20-23H,2-3,7-8,11-18,32H2,1H3,(H,33,36)(H,34,37)(H,39,40)/t21-,22-,23?/m1/s1. The van der Waals surface area contributed by atoms with Gasteiger partial charge in [0.2, 0.25) is 17.7 Å². The van der Waals surface area contributed by atoms with E-state index < -0.39 is 54.4 Å². The average Bonchev–Trinajstić information content (AvgIpc) is 2.92. The molecule has 0 radical (unpaired) electrons. The number of piperidine rings is 1. The predicted molar refractivity (Wildman–Crippen MR) is 143 cm³/mol. The number of hydrogen-bond acceptors (Lipinski definition) is 5. The second-order valence-electron chi connectivity index (χ2n) is 10.4.